The highest BCUT2D eigenvalue weighted by atomic mass is 16.6. The second-order valence-electron chi connectivity index (χ2n) is 7.17. The van der Waals surface area contributed by atoms with Gasteiger partial charge in [-0.25, -0.2) is 10.4 Å². The Morgan fingerprint density at radius 3 is 2.62 bits per heavy atom. The third kappa shape index (κ3) is 4.81. The molecule has 4 rings (SSSR count). The summed E-state index contributed by atoms with van der Waals surface area (Å²) in [6.07, 6.45) is 4.43. The van der Waals surface area contributed by atoms with Gasteiger partial charge in [0.05, 0.1) is 34.4 Å². The van der Waals surface area contributed by atoms with Gasteiger partial charge in [0.25, 0.3) is 11.6 Å². The predicted molar refractivity (Wildman–Crippen MR) is 132 cm³/mol. The van der Waals surface area contributed by atoms with Crippen molar-refractivity contribution in [3.8, 4) is 17.0 Å². The average molecular weight is 452 g/mol. The molecule has 4 aromatic rings. The zero-order valence-corrected chi connectivity index (χ0v) is 18.2. The average Bonchev–Trinajstić information content (AvgIpc) is 2.87. The standard InChI is InChI=1S/C26H20N4O4/c1-34-25-15-7-4-12-20(25)23-17-21(19-11-3-5-13-22(19)28-23)26(31)29-27-16-8-10-18-9-2-6-14-24(18)30(32)33/h2-17H,1H3,(H,29,31)/b10-8+,27-16+. The van der Waals surface area contributed by atoms with E-state index in [0.29, 0.717) is 33.5 Å². The highest BCUT2D eigenvalue weighted by Crippen LogP contribution is 2.31. The predicted octanol–water partition coefficient (Wildman–Crippen LogP) is 5.25. The third-order valence-corrected chi connectivity index (χ3v) is 5.08. The van der Waals surface area contributed by atoms with Crippen molar-refractivity contribution in [3.05, 3.63) is 106 Å². The van der Waals surface area contributed by atoms with Gasteiger partial charge in [-0.15, -0.1) is 0 Å². The van der Waals surface area contributed by atoms with Crippen LogP contribution in [0.15, 0.2) is 90.0 Å². The molecule has 1 aromatic heterocycles. The zero-order valence-electron chi connectivity index (χ0n) is 18.2. The Kier molecular flexibility index (Phi) is 6.69. The van der Waals surface area contributed by atoms with Gasteiger partial charge in [0.2, 0.25) is 0 Å². The summed E-state index contributed by atoms with van der Waals surface area (Å²) in [5.41, 5.74) is 5.37. The number of para-hydroxylation sites is 3. The number of hydrazone groups is 1. The number of nitro groups is 1. The van der Waals surface area contributed by atoms with E-state index in [1.54, 1.807) is 37.5 Å². The number of hydrogen-bond acceptors (Lipinski definition) is 6. The highest BCUT2D eigenvalue weighted by molar-refractivity contribution is 6.07. The molecule has 0 aliphatic rings. The van der Waals surface area contributed by atoms with Crippen LogP contribution in [0.5, 0.6) is 5.75 Å². The molecule has 0 aliphatic heterocycles. The van der Waals surface area contributed by atoms with E-state index in [4.69, 9.17) is 9.72 Å². The zero-order chi connectivity index (χ0) is 23.9. The lowest BCUT2D eigenvalue weighted by Crippen LogP contribution is -2.18. The first kappa shape index (κ1) is 22.3. The topological polar surface area (TPSA) is 107 Å². The second-order valence-corrected chi connectivity index (χ2v) is 7.17. The number of aromatic nitrogens is 1. The number of allylic oxidation sites excluding steroid dienone is 1. The molecule has 0 fully saturated rings. The minimum absolute atomic E-state index is 0.0108. The molecule has 0 spiro atoms. The van der Waals surface area contributed by atoms with Crippen molar-refractivity contribution in [2.45, 2.75) is 0 Å². The lowest BCUT2D eigenvalue weighted by atomic mass is 10.0. The number of amides is 1. The Morgan fingerprint density at radius 2 is 1.79 bits per heavy atom. The monoisotopic (exact) mass is 452 g/mol. The number of nitrogens with one attached hydrogen (secondary N) is 1. The second kappa shape index (κ2) is 10.2. The van der Waals surface area contributed by atoms with Gasteiger partial charge in [-0.05, 0) is 42.5 Å². The van der Waals surface area contributed by atoms with E-state index in [1.165, 1.54) is 18.4 Å². The normalized spacial score (nSPS) is 11.2. The fourth-order valence-corrected chi connectivity index (χ4v) is 3.50. The summed E-state index contributed by atoms with van der Waals surface area (Å²) in [5, 5.41) is 15.7. The van der Waals surface area contributed by atoms with E-state index in [-0.39, 0.29) is 5.69 Å². The maximum atomic E-state index is 13.0. The molecule has 168 valence electrons. The minimum Gasteiger partial charge on any atom is -0.496 e. The summed E-state index contributed by atoms with van der Waals surface area (Å²) in [6.45, 7) is 0. The van der Waals surface area contributed by atoms with Gasteiger partial charge in [0, 0.05) is 23.2 Å². The van der Waals surface area contributed by atoms with Gasteiger partial charge in [0.15, 0.2) is 0 Å². The maximum absolute atomic E-state index is 13.0. The molecule has 1 amide bonds. The SMILES string of the molecule is COc1ccccc1-c1cc(C(=O)N/N=C/C=C/c2ccccc2[N+](=O)[O-])c2ccccc2n1. The van der Waals surface area contributed by atoms with Crippen molar-refractivity contribution in [2.24, 2.45) is 5.10 Å². The molecule has 8 nitrogen and oxygen atoms in total. The van der Waals surface area contributed by atoms with Gasteiger partial charge in [-0.3, -0.25) is 14.9 Å². The summed E-state index contributed by atoms with van der Waals surface area (Å²) in [6, 6.07) is 22.9. The smallest absolute Gasteiger partial charge is 0.276 e. The van der Waals surface area contributed by atoms with Gasteiger partial charge >= 0.3 is 0 Å². The number of ether oxygens (including phenoxy) is 1. The number of fused-ring (bicyclic) bond motifs is 1. The lowest BCUT2D eigenvalue weighted by Gasteiger charge is -2.11. The quantitative estimate of drug-likeness (QED) is 0.234. The first-order chi connectivity index (χ1) is 16.6. The number of carbonyl (C=O) groups excluding carboxylic acids is 1. The largest absolute Gasteiger partial charge is 0.496 e. The molecule has 8 heteroatoms. The van der Waals surface area contributed by atoms with Crippen molar-refractivity contribution in [1.82, 2.24) is 10.4 Å². The summed E-state index contributed by atoms with van der Waals surface area (Å²) >= 11 is 0. The van der Waals surface area contributed by atoms with Crippen LogP contribution in [0.25, 0.3) is 28.2 Å². The van der Waals surface area contributed by atoms with Crippen LogP contribution in [0.2, 0.25) is 0 Å². The number of carbonyl (C=O) groups is 1. The maximum Gasteiger partial charge on any atom is 0.276 e. The molecule has 0 atom stereocenters. The molecule has 0 radical (unpaired) electrons. The molecule has 3 aromatic carbocycles. The van der Waals surface area contributed by atoms with Crippen molar-refractivity contribution in [1.29, 1.82) is 0 Å². The lowest BCUT2D eigenvalue weighted by molar-refractivity contribution is -0.385. The highest BCUT2D eigenvalue weighted by Gasteiger charge is 2.15. The van der Waals surface area contributed by atoms with Crippen LogP contribution in [0.1, 0.15) is 15.9 Å². The molecule has 0 saturated heterocycles. The molecule has 0 bridgehead atoms. The number of nitrogens with zero attached hydrogens (tertiary/aromatic N) is 3. The van der Waals surface area contributed by atoms with Crippen LogP contribution in [-0.4, -0.2) is 29.1 Å². The number of nitro benzene ring substituents is 1. The van der Waals surface area contributed by atoms with Crippen molar-refractivity contribution < 1.29 is 14.5 Å². The van der Waals surface area contributed by atoms with E-state index in [1.807, 2.05) is 48.5 Å². The molecule has 0 aliphatic carbocycles. The van der Waals surface area contributed by atoms with Gasteiger partial charge < -0.3 is 4.74 Å². The Labute approximate surface area is 195 Å². The van der Waals surface area contributed by atoms with Crippen molar-refractivity contribution in [3.63, 3.8) is 0 Å². The molecule has 1 heterocycles. The Hall–Kier alpha value is -4.85. The molecular weight excluding hydrogens is 432 g/mol. The number of benzene rings is 3. The summed E-state index contributed by atoms with van der Waals surface area (Å²) in [7, 11) is 1.58. The van der Waals surface area contributed by atoms with Crippen LogP contribution in [0.3, 0.4) is 0 Å². The molecule has 0 saturated carbocycles. The summed E-state index contributed by atoms with van der Waals surface area (Å²) in [4.78, 5) is 28.3. The molecule has 0 unspecified atom stereocenters. The van der Waals surface area contributed by atoms with Crippen LogP contribution in [-0.2, 0) is 0 Å². The number of pyridine rings is 1. The minimum atomic E-state index is -0.452. The van der Waals surface area contributed by atoms with Crippen LogP contribution >= 0.6 is 0 Å². The number of methoxy groups -OCH3 is 1. The van der Waals surface area contributed by atoms with Crippen LogP contribution in [0.4, 0.5) is 5.69 Å². The third-order valence-electron chi connectivity index (χ3n) is 5.08. The first-order valence-corrected chi connectivity index (χ1v) is 10.3. The number of hydrogen-bond donors (Lipinski definition) is 1. The van der Waals surface area contributed by atoms with Crippen molar-refractivity contribution >= 4 is 34.8 Å². The van der Waals surface area contributed by atoms with Gasteiger partial charge in [0.1, 0.15) is 5.75 Å². The van der Waals surface area contributed by atoms with E-state index in [9.17, 15) is 14.9 Å². The molecular formula is C26H20N4O4. The summed E-state index contributed by atoms with van der Waals surface area (Å²) in [5.74, 6) is 0.236. The fraction of sp³-hybridized carbons (Fsp3) is 0.0385. The Morgan fingerprint density at radius 1 is 1.06 bits per heavy atom. The van der Waals surface area contributed by atoms with Crippen LogP contribution in [0, 0.1) is 10.1 Å². The Bertz CT molecular complexity index is 1430. The van der Waals surface area contributed by atoms with E-state index in [2.05, 4.69) is 10.5 Å². The fourth-order valence-electron chi connectivity index (χ4n) is 3.50. The first-order valence-electron chi connectivity index (χ1n) is 10.3. The van der Waals surface area contributed by atoms with Crippen LogP contribution < -0.4 is 10.2 Å². The van der Waals surface area contributed by atoms with E-state index >= 15 is 0 Å². The van der Waals surface area contributed by atoms with Gasteiger partial charge in [-0.1, -0.05) is 42.5 Å². The van der Waals surface area contributed by atoms with Crippen molar-refractivity contribution in [2.75, 3.05) is 7.11 Å². The van der Waals surface area contributed by atoms with E-state index < -0.39 is 10.8 Å². The van der Waals surface area contributed by atoms with Gasteiger partial charge in [-0.2, -0.15) is 5.10 Å². The Balaban J connectivity index is 1.60. The van der Waals surface area contributed by atoms with E-state index in [0.717, 1.165) is 5.56 Å². The number of rotatable bonds is 7. The summed E-state index contributed by atoms with van der Waals surface area (Å²) < 4.78 is 5.45. The molecule has 34 heavy (non-hydrogen) atoms. The molecule has 1 N–H and O–H groups in total.